The molecule has 2 aliphatic heterocycles. The molecule has 3 aromatic rings. The van der Waals surface area contributed by atoms with Crippen LogP contribution in [0, 0.1) is 6.92 Å². The summed E-state index contributed by atoms with van der Waals surface area (Å²) in [7, 11) is 0. The Kier molecular flexibility index (Phi) is 4.32. The van der Waals surface area contributed by atoms with E-state index >= 15 is 0 Å². The Balaban J connectivity index is 1.59. The van der Waals surface area contributed by atoms with E-state index < -0.39 is 0 Å². The topological polar surface area (TPSA) is 34.1 Å². The third kappa shape index (κ3) is 2.87. The van der Waals surface area contributed by atoms with Crippen LogP contribution in [0.4, 0.5) is 0 Å². The van der Waals surface area contributed by atoms with E-state index in [-0.39, 0.29) is 12.3 Å². The van der Waals surface area contributed by atoms with E-state index in [0.29, 0.717) is 6.61 Å². The van der Waals surface area contributed by atoms with Crippen molar-refractivity contribution in [3.63, 3.8) is 0 Å². The monoisotopic (exact) mass is 390 g/mol. The summed E-state index contributed by atoms with van der Waals surface area (Å²) in [6.07, 6.45) is 0.614. The van der Waals surface area contributed by atoms with Crippen molar-refractivity contribution in [2.45, 2.75) is 32.5 Å². The lowest BCUT2D eigenvalue weighted by molar-refractivity contribution is -0.0209. The number of hydrazone groups is 1. The molecule has 2 atom stereocenters. The highest BCUT2D eigenvalue weighted by molar-refractivity contribution is 7.07. The number of thiophene rings is 1. The van der Waals surface area contributed by atoms with Crippen LogP contribution >= 0.6 is 11.3 Å². The molecule has 0 spiro atoms. The van der Waals surface area contributed by atoms with Crippen molar-refractivity contribution >= 4 is 17.0 Å². The van der Waals surface area contributed by atoms with Crippen LogP contribution in [0.1, 0.15) is 47.9 Å². The van der Waals surface area contributed by atoms with Crippen LogP contribution in [-0.2, 0) is 0 Å². The van der Waals surface area contributed by atoms with Gasteiger partial charge in [0.1, 0.15) is 0 Å². The standard InChI is InChI=1S/C23H22N2O2S/c1-3-26-21-6-4-5-18-20-13-19(16-9-7-15(2)8-10-16)24-25(20)23(27-22(18)21)17-11-12-28-14-17/h4-12,14,20,23H,3,13H2,1-2H3/t20-,23-/m1/s1. The van der Waals surface area contributed by atoms with E-state index in [9.17, 15) is 0 Å². The number of hydrogen-bond donors (Lipinski definition) is 0. The van der Waals surface area contributed by atoms with Gasteiger partial charge < -0.3 is 9.47 Å². The zero-order valence-electron chi connectivity index (χ0n) is 16.0. The van der Waals surface area contributed by atoms with Gasteiger partial charge in [-0.05, 0) is 42.3 Å². The van der Waals surface area contributed by atoms with Crippen LogP contribution in [0.5, 0.6) is 11.5 Å². The predicted molar refractivity (Wildman–Crippen MR) is 112 cm³/mol. The third-order valence-corrected chi connectivity index (χ3v) is 5.99. The number of ether oxygens (including phenoxy) is 2. The minimum atomic E-state index is -0.242. The molecule has 5 rings (SSSR count). The van der Waals surface area contributed by atoms with Gasteiger partial charge in [0, 0.05) is 17.5 Å². The Bertz CT molecular complexity index is 1010. The van der Waals surface area contributed by atoms with Crippen molar-refractivity contribution in [2.75, 3.05) is 6.61 Å². The van der Waals surface area contributed by atoms with Gasteiger partial charge in [0.05, 0.1) is 18.4 Å². The van der Waals surface area contributed by atoms with E-state index in [2.05, 4.69) is 59.1 Å². The summed E-state index contributed by atoms with van der Waals surface area (Å²) < 4.78 is 12.3. The molecule has 0 saturated carbocycles. The quantitative estimate of drug-likeness (QED) is 0.573. The summed E-state index contributed by atoms with van der Waals surface area (Å²) in [6, 6.07) is 17.0. The lowest BCUT2D eigenvalue weighted by atomic mass is 9.95. The van der Waals surface area contributed by atoms with Gasteiger partial charge in [-0.1, -0.05) is 42.0 Å². The van der Waals surface area contributed by atoms with Gasteiger partial charge in [0.15, 0.2) is 11.5 Å². The van der Waals surface area contributed by atoms with Gasteiger partial charge in [0.25, 0.3) is 0 Å². The van der Waals surface area contributed by atoms with Crippen molar-refractivity contribution in [3.8, 4) is 11.5 Å². The first-order chi connectivity index (χ1) is 13.7. The maximum atomic E-state index is 6.48. The molecule has 2 aromatic carbocycles. The molecule has 0 amide bonds. The minimum Gasteiger partial charge on any atom is -0.490 e. The van der Waals surface area contributed by atoms with E-state index in [1.54, 1.807) is 11.3 Å². The Labute approximate surface area is 169 Å². The smallest absolute Gasteiger partial charge is 0.214 e. The molecule has 0 radical (unpaired) electrons. The molecular weight excluding hydrogens is 368 g/mol. The van der Waals surface area contributed by atoms with Gasteiger partial charge in [-0.25, -0.2) is 5.01 Å². The summed E-state index contributed by atoms with van der Waals surface area (Å²) in [5.41, 5.74) is 5.80. The first-order valence-corrected chi connectivity index (χ1v) is 10.6. The Morgan fingerprint density at radius 2 is 2.04 bits per heavy atom. The zero-order chi connectivity index (χ0) is 19.1. The Morgan fingerprint density at radius 1 is 1.18 bits per heavy atom. The number of benzene rings is 2. The van der Waals surface area contributed by atoms with Gasteiger partial charge in [-0.15, -0.1) is 0 Å². The lowest BCUT2D eigenvalue weighted by Crippen LogP contribution is -2.33. The largest absolute Gasteiger partial charge is 0.490 e. The van der Waals surface area contributed by atoms with Crippen LogP contribution in [-0.4, -0.2) is 17.3 Å². The molecule has 3 heterocycles. The van der Waals surface area contributed by atoms with Gasteiger partial charge in [-0.3, -0.25) is 0 Å². The van der Waals surface area contributed by atoms with E-state index in [4.69, 9.17) is 14.6 Å². The fourth-order valence-electron chi connectivity index (χ4n) is 3.91. The van der Waals surface area contributed by atoms with E-state index in [0.717, 1.165) is 34.8 Å². The molecular formula is C23H22N2O2S. The molecule has 4 nitrogen and oxygen atoms in total. The summed E-state index contributed by atoms with van der Waals surface area (Å²) in [4.78, 5) is 0. The molecule has 0 N–H and O–H groups in total. The molecule has 28 heavy (non-hydrogen) atoms. The van der Waals surface area contributed by atoms with E-state index in [1.807, 2.05) is 19.1 Å². The van der Waals surface area contributed by atoms with E-state index in [1.165, 1.54) is 11.1 Å². The van der Waals surface area contributed by atoms with Crippen LogP contribution in [0.2, 0.25) is 0 Å². The maximum absolute atomic E-state index is 6.48. The second-order valence-corrected chi connectivity index (χ2v) is 7.93. The predicted octanol–water partition coefficient (Wildman–Crippen LogP) is 5.70. The first-order valence-electron chi connectivity index (χ1n) is 9.62. The van der Waals surface area contributed by atoms with Gasteiger partial charge in [0.2, 0.25) is 6.23 Å². The molecule has 1 aromatic heterocycles. The molecule has 0 fully saturated rings. The number of hydrogen-bond acceptors (Lipinski definition) is 5. The van der Waals surface area contributed by atoms with Crippen LogP contribution in [0.3, 0.4) is 0 Å². The maximum Gasteiger partial charge on any atom is 0.214 e. The summed E-state index contributed by atoms with van der Waals surface area (Å²) in [5.74, 6) is 1.66. The van der Waals surface area contributed by atoms with Gasteiger partial charge in [-0.2, -0.15) is 16.4 Å². The summed E-state index contributed by atoms with van der Waals surface area (Å²) in [5, 5.41) is 11.3. The normalized spacial score (nSPS) is 20.2. The van der Waals surface area contributed by atoms with Crippen molar-refractivity contribution < 1.29 is 9.47 Å². The van der Waals surface area contributed by atoms with Crippen LogP contribution in [0.15, 0.2) is 64.4 Å². The summed E-state index contributed by atoms with van der Waals surface area (Å²) >= 11 is 1.68. The van der Waals surface area contributed by atoms with Crippen LogP contribution in [0.25, 0.3) is 0 Å². The molecule has 0 bridgehead atoms. The van der Waals surface area contributed by atoms with Crippen molar-refractivity contribution in [1.82, 2.24) is 5.01 Å². The average Bonchev–Trinajstić information content (AvgIpc) is 3.39. The highest BCUT2D eigenvalue weighted by Gasteiger charge is 2.42. The SMILES string of the molecule is CCOc1cccc2c1O[C@H](c1ccsc1)N1N=C(c3ccc(C)cc3)C[C@H]21. The average molecular weight is 391 g/mol. The zero-order valence-corrected chi connectivity index (χ0v) is 16.8. The Morgan fingerprint density at radius 3 is 2.79 bits per heavy atom. The Hall–Kier alpha value is -2.79. The minimum absolute atomic E-state index is 0.144. The van der Waals surface area contributed by atoms with Crippen molar-refractivity contribution in [2.24, 2.45) is 5.10 Å². The summed E-state index contributed by atoms with van der Waals surface area (Å²) in [6.45, 7) is 4.72. The van der Waals surface area contributed by atoms with Crippen molar-refractivity contribution in [1.29, 1.82) is 0 Å². The second kappa shape index (κ2) is 6.99. The van der Waals surface area contributed by atoms with Gasteiger partial charge >= 0.3 is 0 Å². The molecule has 0 unspecified atom stereocenters. The molecule has 2 aliphatic rings. The molecule has 5 heteroatoms. The highest BCUT2D eigenvalue weighted by atomic mass is 32.1. The first kappa shape index (κ1) is 17.3. The molecule has 0 aliphatic carbocycles. The molecule has 0 saturated heterocycles. The highest BCUT2D eigenvalue weighted by Crippen LogP contribution is 2.50. The lowest BCUT2D eigenvalue weighted by Gasteiger charge is -2.38. The number of fused-ring (bicyclic) bond motifs is 3. The number of rotatable bonds is 4. The fraction of sp³-hybridized carbons (Fsp3) is 0.261. The third-order valence-electron chi connectivity index (χ3n) is 5.29. The van der Waals surface area contributed by atoms with Crippen LogP contribution < -0.4 is 9.47 Å². The molecule has 142 valence electrons. The second-order valence-electron chi connectivity index (χ2n) is 7.15. The number of nitrogens with zero attached hydrogens (tertiary/aromatic N) is 2. The number of aryl methyl sites for hydroxylation is 1. The van der Waals surface area contributed by atoms with Crippen molar-refractivity contribution in [3.05, 3.63) is 81.5 Å². The fourth-order valence-corrected chi connectivity index (χ4v) is 4.58. The number of para-hydroxylation sites is 1.